The van der Waals surface area contributed by atoms with Crippen LogP contribution in [0.5, 0.6) is 0 Å². The molecular formula is H18AlKO20S2-6. The van der Waals surface area contributed by atoms with Gasteiger partial charge in [0.05, 0.1) is 0 Å². The summed E-state index contributed by atoms with van der Waals surface area (Å²) >= 11 is 0. The quantitative estimate of drug-likeness (QED) is 0.181. The average molecular weight is 468 g/mol. The van der Waals surface area contributed by atoms with Crippen LogP contribution in [-0.2, 0) is 20.8 Å². The molecule has 0 aromatic rings. The molecule has 0 heterocycles. The van der Waals surface area contributed by atoms with Gasteiger partial charge in [-0.1, -0.05) is 0 Å². The van der Waals surface area contributed by atoms with Crippen molar-refractivity contribution >= 4 is 38.2 Å². The number of hydrogen-bond acceptors (Lipinski definition) is 14. The summed E-state index contributed by atoms with van der Waals surface area (Å²) in [6.45, 7) is 0. The maximum Gasteiger partial charge on any atom is 3.00 e. The zero-order valence-electron chi connectivity index (χ0n) is 11.3. The number of rotatable bonds is 0. The normalized spacial score (nSPS) is 4.83. The molecule has 0 aromatic heterocycles. The molecule has 0 atom stereocenters. The predicted molar refractivity (Wildman–Crippen MR) is 60.0 cm³/mol. The summed E-state index contributed by atoms with van der Waals surface area (Å²) in [4.78, 5) is 0. The number of hydrogen-bond donors (Lipinski definition) is 0. The molecule has 160 valence electrons. The Morgan fingerprint density at radius 3 is 0.417 bits per heavy atom. The third kappa shape index (κ3) is 5770. The molecule has 0 spiro atoms. The van der Waals surface area contributed by atoms with Gasteiger partial charge in [0.1, 0.15) is 0 Å². The van der Waals surface area contributed by atoms with Gasteiger partial charge in [0, 0.05) is 20.8 Å². The SMILES string of the molecule is O.O.O.O.O.O.O=S(=O)([O-])[O-].O=S(=O)([O-])[O-].[Al+3].[K+].[OH-].[OH-].[OH-].[OH-].[OH-].[OH-]. The Kier molecular flexibility index (Phi) is 529. The van der Waals surface area contributed by atoms with Crippen LogP contribution in [-0.4, -0.2) is 118 Å². The second kappa shape index (κ2) is 74.4. The van der Waals surface area contributed by atoms with E-state index in [9.17, 15) is 0 Å². The molecule has 0 aliphatic heterocycles. The Hall–Kier alpha value is 1.43. The molecule has 0 aromatic carbocycles. The summed E-state index contributed by atoms with van der Waals surface area (Å²) < 4.78 is 68.2. The fraction of sp³-hybridized carbons (Fsp3) is 0. The Morgan fingerprint density at radius 1 is 0.417 bits per heavy atom. The van der Waals surface area contributed by atoms with Crippen LogP contribution in [0.4, 0.5) is 0 Å². The molecule has 0 saturated heterocycles. The first kappa shape index (κ1) is 171. The molecule has 18 N–H and O–H groups in total. The zero-order chi connectivity index (χ0) is 9.00. The van der Waals surface area contributed by atoms with Gasteiger partial charge in [-0.25, -0.2) is 0 Å². The van der Waals surface area contributed by atoms with Gasteiger partial charge < -0.3 is 83.9 Å². The first-order valence-corrected chi connectivity index (χ1v) is 4.00. The van der Waals surface area contributed by atoms with Crippen molar-refractivity contribution in [1.82, 2.24) is 0 Å². The van der Waals surface area contributed by atoms with E-state index in [1.54, 1.807) is 0 Å². The van der Waals surface area contributed by atoms with E-state index in [0.717, 1.165) is 0 Å². The zero-order valence-corrected chi connectivity index (χ0v) is 17.3. The molecular weight excluding hydrogens is 450 g/mol. The standard InChI is InChI=1S/Al.K.2H2O4S.12H2O/c;;2*1-5(2,3)4;;;;;;;;;;;;/h;;2*(H2,1,2,3,4);12*1H2/q+3;+1;;;;;;;;;;;;;;/p-10. The van der Waals surface area contributed by atoms with E-state index in [4.69, 9.17) is 35.0 Å². The molecule has 0 aliphatic carbocycles. The van der Waals surface area contributed by atoms with Crippen molar-refractivity contribution in [3.05, 3.63) is 0 Å². The monoisotopic (exact) mass is 468 g/mol. The van der Waals surface area contributed by atoms with E-state index in [1.807, 2.05) is 0 Å². The van der Waals surface area contributed by atoms with Crippen molar-refractivity contribution in [2.24, 2.45) is 0 Å². The van der Waals surface area contributed by atoms with Crippen LogP contribution in [0.2, 0.25) is 0 Å². The summed E-state index contributed by atoms with van der Waals surface area (Å²) in [5, 5.41) is 0. The molecule has 24 heavy (non-hydrogen) atoms. The van der Waals surface area contributed by atoms with Crippen LogP contribution in [0.1, 0.15) is 0 Å². The minimum atomic E-state index is -5.17. The van der Waals surface area contributed by atoms with E-state index in [0.29, 0.717) is 0 Å². The van der Waals surface area contributed by atoms with E-state index in [2.05, 4.69) is 0 Å². The van der Waals surface area contributed by atoms with Gasteiger partial charge in [-0.15, -0.1) is 0 Å². The fourth-order valence-corrected chi connectivity index (χ4v) is 0. The van der Waals surface area contributed by atoms with Crippen molar-refractivity contribution in [3.63, 3.8) is 0 Å². The van der Waals surface area contributed by atoms with Crippen LogP contribution >= 0.6 is 0 Å². The predicted octanol–water partition coefficient (Wildman–Crippen LogP) is -12.1. The molecule has 0 unspecified atom stereocenters. The molecule has 0 bridgehead atoms. The molecule has 24 heteroatoms. The van der Waals surface area contributed by atoms with Crippen molar-refractivity contribution in [2.75, 3.05) is 0 Å². The van der Waals surface area contributed by atoms with Crippen molar-refractivity contribution in [1.29, 1.82) is 0 Å². The Bertz CT molecular complexity index is 218. The Morgan fingerprint density at radius 2 is 0.417 bits per heavy atom. The molecule has 0 amide bonds. The van der Waals surface area contributed by atoms with Gasteiger partial charge in [0.2, 0.25) is 0 Å². The molecule has 0 rings (SSSR count). The topological polar surface area (TPSA) is 530 Å². The van der Waals surface area contributed by atoms with Crippen molar-refractivity contribution in [2.45, 2.75) is 0 Å². The third-order valence-electron chi connectivity index (χ3n) is 0. The van der Waals surface area contributed by atoms with Crippen LogP contribution in [0, 0.1) is 0 Å². The van der Waals surface area contributed by atoms with Gasteiger partial charge in [0.25, 0.3) is 0 Å². The van der Waals surface area contributed by atoms with Gasteiger partial charge in [0.15, 0.2) is 0 Å². The summed E-state index contributed by atoms with van der Waals surface area (Å²) in [5.74, 6) is 0. The fourth-order valence-electron chi connectivity index (χ4n) is 0. The molecule has 0 radical (unpaired) electrons. The minimum absolute atomic E-state index is 0. The molecule has 0 fully saturated rings. The maximum atomic E-state index is 8.52. The van der Waals surface area contributed by atoms with Crippen molar-refractivity contribution in [3.8, 4) is 0 Å². The molecule has 0 aliphatic rings. The largest absolute Gasteiger partial charge is 3.00 e. The second-order valence-electron chi connectivity index (χ2n) is 0.816. The second-order valence-corrected chi connectivity index (χ2v) is 2.45. The Labute approximate surface area is 188 Å². The summed E-state index contributed by atoms with van der Waals surface area (Å²) in [7, 11) is -10.3. The average Bonchev–Trinajstić information content (AvgIpc) is 1.12. The summed E-state index contributed by atoms with van der Waals surface area (Å²) in [6, 6.07) is 0. The van der Waals surface area contributed by atoms with Crippen LogP contribution in [0.25, 0.3) is 0 Å². The smallest absolute Gasteiger partial charge is 0.870 e. The van der Waals surface area contributed by atoms with Crippen LogP contribution in [0.3, 0.4) is 0 Å². The van der Waals surface area contributed by atoms with E-state index in [-0.39, 0.29) is 134 Å². The first-order chi connectivity index (χ1) is 4.00. The van der Waals surface area contributed by atoms with E-state index in [1.165, 1.54) is 0 Å². The van der Waals surface area contributed by atoms with Gasteiger partial charge in [-0.2, -0.15) is 0 Å². The summed E-state index contributed by atoms with van der Waals surface area (Å²) in [6.07, 6.45) is 0. The van der Waals surface area contributed by atoms with Gasteiger partial charge >= 0.3 is 68.7 Å². The Balaban J connectivity index is -0.00000000241. The van der Waals surface area contributed by atoms with Crippen LogP contribution in [0.15, 0.2) is 0 Å². The van der Waals surface area contributed by atoms with Crippen LogP contribution < -0.4 is 51.4 Å². The van der Waals surface area contributed by atoms with E-state index >= 15 is 0 Å². The van der Waals surface area contributed by atoms with Crippen molar-refractivity contribution < 1.29 is 152 Å². The third-order valence-corrected chi connectivity index (χ3v) is 0. The van der Waals surface area contributed by atoms with Gasteiger partial charge in [-0.3, -0.25) is 16.8 Å². The molecule has 20 nitrogen and oxygen atoms in total. The first-order valence-electron chi connectivity index (χ1n) is 1.33. The van der Waals surface area contributed by atoms with E-state index < -0.39 is 20.8 Å². The maximum absolute atomic E-state index is 8.52. The minimum Gasteiger partial charge on any atom is -0.870 e. The molecule has 0 saturated carbocycles. The summed E-state index contributed by atoms with van der Waals surface area (Å²) in [5.41, 5.74) is 0. The van der Waals surface area contributed by atoms with Gasteiger partial charge in [-0.05, 0) is 0 Å².